The number of benzene rings is 2. The smallest absolute Gasteiger partial charge is 0.264 e. The Bertz CT molecular complexity index is 1420. The molecule has 10 nitrogen and oxygen atoms in total. The first-order chi connectivity index (χ1) is 18.4. The number of hydrogen-bond acceptors (Lipinski definition) is 9. The van der Waals surface area contributed by atoms with Crippen molar-refractivity contribution in [1.29, 1.82) is 0 Å². The highest BCUT2D eigenvalue weighted by Gasteiger charge is 2.29. The van der Waals surface area contributed by atoms with Gasteiger partial charge in [0, 0.05) is 19.6 Å². The van der Waals surface area contributed by atoms with Crippen LogP contribution in [0.3, 0.4) is 0 Å². The first-order valence-corrected chi connectivity index (χ1v) is 14.3. The second kappa shape index (κ2) is 11.6. The average molecular weight is 538 g/mol. The van der Waals surface area contributed by atoms with Crippen LogP contribution in [-0.4, -0.2) is 60.6 Å². The standard InChI is InChI=1S/C27H31N5O5S/c1-35-16-21-13-14-24(37-21)32-18-29-25-26(30-23(31-27(25)32)17-36-38(2,33)34)28-15-22(19-9-5-3-6-10-19)20-11-7-4-8-12-20/h3-12,18,21-22,24H,13-17H2,1-2H3,(H,28,30,31)/t21-,24+/m0/s1. The van der Waals surface area contributed by atoms with Crippen LogP contribution in [-0.2, 0) is 30.4 Å². The SMILES string of the molecule is COC[C@@H]1CC[C@H](n2cnc3c(NCC(c4ccccc4)c4ccccc4)nc(COS(C)(=O)=O)nc32)O1. The van der Waals surface area contributed by atoms with Gasteiger partial charge in [-0.05, 0) is 24.0 Å². The molecule has 0 saturated carbocycles. The number of rotatable bonds is 11. The summed E-state index contributed by atoms with van der Waals surface area (Å²) in [5, 5.41) is 3.46. The van der Waals surface area contributed by atoms with Gasteiger partial charge in [-0.1, -0.05) is 60.7 Å². The molecule has 2 aromatic heterocycles. The predicted octanol–water partition coefficient (Wildman–Crippen LogP) is 3.87. The number of imidazole rings is 1. The van der Waals surface area contributed by atoms with Gasteiger partial charge in [0.1, 0.15) is 12.8 Å². The van der Waals surface area contributed by atoms with E-state index in [0.717, 1.165) is 30.2 Å². The van der Waals surface area contributed by atoms with E-state index < -0.39 is 10.1 Å². The zero-order valence-electron chi connectivity index (χ0n) is 21.4. The molecule has 1 fully saturated rings. The Balaban J connectivity index is 1.48. The van der Waals surface area contributed by atoms with Crippen molar-refractivity contribution in [3.63, 3.8) is 0 Å². The van der Waals surface area contributed by atoms with E-state index in [0.29, 0.717) is 30.1 Å². The zero-order valence-corrected chi connectivity index (χ0v) is 22.2. The molecule has 5 rings (SSSR count). The molecular weight excluding hydrogens is 506 g/mol. The van der Waals surface area contributed by atoms with Crippen LogP contribution in [0.5, 0.6) is 0 Å². The Morgan fingerprint density at radius 1 is 1.05 bits per heavy atom. The van der Waals surface area contributed by atoms with Crippen molar-refractivity contribution in [1.82, 2.24) is 19.5 Å². The van der Waals surface area contributed by atoms with Gasteiger partial charge in [-0.3, -0.25) is 8.75 Å². The summed E-state index contributed by atoms with van der Waals surface area (Å²) in [6.45, 7) is 0.765. The molecule has 2 atom stereocenters. The lowest BCUT2D eigenvalue weighted by Crippen LogP contribution is -2.17. The molecule has 0 radical (unpaired) electrons. The topological polar surface area (TPSA) is 117 Å². The molecule has 1 aliphatic rings. The third-order valence-corrected chi connectivity index (χ3v) is 7.04. The Morgan fingerprint density at radius 3 is 2.37 bits per heavy atom. The molecule has 3 heterocycles. The lowest BCUT2D eigenvalue weighted by atomic mass is 9.91. The van der Waals surface area contributed by atoms with Crippen LogP contribution in [0.2, 0.25) is 0 Å². The number of ether oxygens (including phenoxy) is 2. The maximum atomic E-state index is 11.7. The van der Waals surface area contributed by atoms with Crippen LogP contribution in [0.15, 0.2) is 67.0 Å². The van der Waals surface area contributed by atoms with Crippen molar-refractivity contribution in [3.8, 4) is 0 Å². The molecule has 0 amide bonds. The van der Waals surface area contributed by atoms with Crippen LogP contribution >= 0.6 is 0 Å². The molecule has 2 aromatic carbocycles. The third kappa shape index (κ3) is 6.18. The van der Waals surface area contributed by atoms with Crippen molar-refractivity contribution in [3.05, 3.63) is 83.9 Å². The van der Waals surface area contributed by atoms with E-state index in [1.54, 1.807) is 13.4 Å². The van der Waals surface area contributed by atoms with Crippen LogP contribution < -0.4 is 5.32 Å². The first kappa shape index (κ1) is 26.2. The summed E-state index contributed by atoms with van der Waals surface area (Å²) >= 11 is 0. The first-order valence-electron chi connectivity index (χ1n) is 12.5. The average Bonchev–Trinajstić information content (AvgIpc) is 3.56. The van der Waals surface area contributed by atoms with E-state index in [-0.39, 0.29) is 30.7 Å². The minimum atomic E-state index is -3.67. The van der Waals surface area contributed by atoms with E-state index in [9.17, 15) is 8.42 Å². The Morgan fingerprint density at radius 2 is 1.74 bits per heavy atom. The summed E-state index contributed by atoms with van der Waals surface area (Å²) in [7, 11) is -2.02. The molecule has 0 aliphatic carbocycles. The normalized spacial score (nSPS) is 17.9. The fourth-order valence-corrected chi connectivity index (χ4v) is 5.04. The number of nitrogens with zero attached hydrogens (tertiary/aromatic N) is 4. The molecule has 0 bridgehead atoms. The fraction of sp³-hybridized carbons (Fsp3) is 0.370. The monoisotopic (exact) mass is 537 g/mol. The number of aromatic nitrogens is 4. The highest BCUT2D eigenvalue weighted by Crippen LogP contribution is 2.32. The summed E-state index contributed by atoms with van der Waals surface area (Å²) in [5.41, 5.74) is 3.44. The second-order valence-corrected chi connectivity index (χ2v) is 10.9. The van der Waals surface area contributed by atoms with Crippen LogP contribution in [0.25, 0.3) is 11.2 Å². The van der Waals surface area contributed by atoms with Gasteiger partial charge < -0.3 is 14.8 Å². The van der Waals surface area contributed by atoms with E-state index >= 15 is 0 Å². The molecule has 0 unspecified atom stereocenters. The molecule has 1 aliphatic heterocycles. The third-order valence-electron chi connectivity index (χ3n) is 6.50. The molecule has 1 saturated heterocycles. The van der Waals surface area contributed by atoms with Crippen molar-refractivity contribution >= 4 is 27.1 Å². The fourth-order valence-electron chi connectivity index (χ4n) is 4.72. The quantitative estimate of drug-likeness (QED) is 0.285. The van der Waals surface area contributed by atoms with Gasteiger partial charge in [-0.15, -0.1) is 0 Å². The number of hydrogen-bond donors (Lipinski definition) is 1. The van der Waals surface area contributed by atoms with Crippen LogP contribution in [0, 0.1) is 0 Å². The Hall–Kier alpha value is -3.38. The lowest BCUT2D eigenvalue weighted by molar-refractivity contribution is -0.0300. The minimum absolute atomic E-state index is 0.00701. The molecule has 200 valence electrons. The number of methoxy groups -OCH3 is 1. The Kier molecular flexibility index (Phi) is 7.98. The number of anilines is 1. The second-order valence-electron chi connectivity index (χ2n) is 9.28. The van der Waals surface area contributed by atoms with E-state index in [1.807, 2.05) is 41.0 Å². The largest absolute Gasteiger partial charge is 0.382 e. The maximum absolute atomic E-state index is 11.7. The van der Waals surface area contributed by atoms with Gasteiger partial charge in [-0.25, -0.2) is 15.0 Å². The predicted molar refractivity (Wildman–Crippen MR) is 143 cm³/mol. The minimum Gasteiger partial charge on any atom is -0.382 e. The Labute approximate surface area is 222 Å². The van der Waals surface area contributed by atoms with Gasteiger partial charge in [0.05, 0.1) is 25.3 Å². The van der Waals surface area contributed by atoms with Crippen molar-refractivity contribution in [2.45, 2.75) is 37.7 Å². The summed E-state index contributed by atoms with van der Waals surface area (Å²) in [6, 6.07) is 20.5. The molecule has 11 heteroatoms. The van der Waals surface area contributed by atoms with Crippen molar-refractivity contribution in [2.75, 3.05) is 31.8 Å². The summed E-state index contributed by atoms with van der Waals surface area (Å²) in [5.74, 6) is 0.784. The molecule has 1 N–H and O–H groups in total. The summed E-state index contributed by atoms with van der Waals surface area (Å²) in [6.07, 6.45) is 4.07. The van der Waals surface area contributed by atoms with E-state index in [4.69, 9.17) is 13.7 Å². The highest BCUT2D eigenvalue weighted by molar-refractivity contribution is 7.85. The molecular formula is C27H31N5O5S. The number of fused-ring (bicyclic) bond motifs is 1. The van der Waals surface area contributed by atoms with Gasteiger partial charge in [0.2, 0.25) is 0 Å². The van der Waals surface area contributed by atoms with E-state index in [2.05, 4.69) is 44.5 Å². The van der Waals surface area contributed by atoms with Gasteiger partial charge in [0.25, 0.3) is 10.1 Å². The number of nitrogens with one attached hydrogen (secondary N) is 1. The van der Waals surface area contributed by atoms with E-state index in [1.165, 1.54) is 0 Å². The maximum Gasteiger partial charge on any atom is 0.264 e. The summed E-state index contributed by atoms with van der Waals surface area (Å²) in [4.78, 5) is 13.8. The molecule has 38 heavy (non-hydrogen) atoms. The molecule has 4 aromatic rings. The van der Waals surface area contributed by atoms with Crippen LogP contribution in [0.1, 0.15) is 41.9 Å². The van der Waals surface area contributed by atoms with Gasteiger partial charge in [-0.2, -0.15) is 8.42 Å². The molecule has 0 spiro atoms. The van der Waals surface area contributed by atoms with Gasteiger partial charge >= 0.3 is 0 Å². The summed E-state index contributed by atoms with van der Waals surface area (Å²) < 4.78 is 41.6. The van der Waals surface area contributed by atoms with Gasteiger partial charge in [0.15, 0.2) is 22.8 Å². The highest BCUT2D eigenvalue weighted by atomic mass is 32.2. The zero-order chi connectivity index (χ0) is 26.5. The van der Waals surface area contributed by atoms with Crippen molar-refractivity contribution < 1.29 is 22.1 Å². The van der Waals surface area contributed by atoms with Crippen molar-refractivity contribution in [2.24, 2.45) is 0 Å². The lowest BCUT2D eigenvalue weighted by Gasteiger charge is -2.20. The van der Waals surface area contributed by atoms with Crippen LogP contribution in [0.4, 0.5) is 5.82 Å².